The largest absolute Gasteiger partial charge is 0.371 e. The summed E-state index contributed by atoms with van der Waals surface area (Å²) in [6, 6.07) is 13.1. The Kier molecular flexibility index (Phi) is 3.49. The van der Waals surface area contributed by atoms with Gasteiger partial charge in [0.2, 0.25) is 0 Å². The third kappa shape index (κ3) is 2.20. The maximum Gasteiger partial charge on any atom is 0.195 e. The molecule has 0 atom stereocenters. The smallest absolute Gasteiger partial charge is 0.195 e. The molecular weight excluding hydrogens is 270 g/mol. The first kappa shape index (κ1) is 13.2. The number of rotatable bonds is 3. The van der Waals surface area contributed by atoms with Crippen LogP contribution in [0.3, 0.4) is 0 Å². The second-order valence-electron chi connectivity index (χ2n) is 4.98. The van der Waals surface area contributed by atoms with Crippen molar-refractivity contribution in [3.8, 4) is 0 Å². The molecule has 0 fully saturated rings. The standard InChI is InChI=1S/C17H16ClNO/c1-2-19-10-9-12-5-4-8-15(16(12)19)17(20)13-6-3-7-14(18)11-13/h3-8,11H,2,9-10H2,1H3. The van der Waals surface area contributed by atoms with E-state index < -0.39 is 0 Å². The molecule has 3 heteroatoms. The van der Waals surface area contributed by atoms with Gasteiger partial charge in [-0.05, 0) is 37.1 Å². The summed E-state index contributed by atoms with van der Waals surface area (Å²) in [5.74, 6) is 0.0460. The molecule has 1 aliphatic rings. The molecule has 0 radical (unpaired) electrons. The van der Waals surface area contributed by atoms with Gasteiger partial charge in [-0.3, -0.25) is 4.79 Å². The molecule has 3 rings (SSSR count). The van der Waals surface area contributed by atoms with Crippen LogP contribution in [0, 0.1) is 0 Å². The molecular formula is C17H16ClNO. The molecule has 2 aromatic carbocycles. The lowest BCUT2D eigenvalue weighted by atomic mass is 9.99. The third-order valence-electron chi connectivity index (χ3n) is 3.80. The number of hydrogen-bond acceptors (Lipinski definition) is 2. The Balaban J connectivity index is 2.07. The highest BCUT2D eigenvalue weighted by atomic mass is 35.5. The Labute approximate surface area is 124 Å². The third-order valence-corrected chi connectivity index (χ3v) is 4.04. The molecule has 1 heterocycles. The van der Waals surface area contributed by atoms with Crippen LogP contribution in [0.1, 0.15) is 28.4 Å². The van der Waals surface area contributed by atoms with Crippen molar-refractivity contribution in [1.29, 1.82) is 0 Å². The van der Waals surface area contributed by atoms with E-state index in [1.807, 2.05) is 24.3 Å². The highest BCUT2D eigenvalue weighted by Gasteiger charge is 2.24. The van der Waals surface area contributed by atoms with Gasteiger partial charge in [-0.1, -0.05) is 35.9 Å². The minimum Gasteiger partial charge on any atom is -0.371 e. The van der Waals surface area contributed by atoms with Gasteiger partial charge in [-0.2, -0.15) is 0 Å². The highest BCUT2D eigenvalue weighted by molar-refractivity contribution is 6.31. The van der Waals surface area contributed by atoms with Gasteiger partial charge in [0, 0.05) is 29.2 Å². The minimum atomic E-state index is 0.0460. The first-order chi connectivity index (χ1) is 9.70. The van der Waals surface area contributed by atoms with Crippen molar-refractivity contribution in [2.24, 2.45) is 0 Å². The van der Waals surface area contributed by atoms with Crippen LogP contribution in [0.25, 0.3) is 0 Å². The molecule has 1 aliphatic heterocycles. The van der Waals surface area contributed by atoms with E-state index in [9.17, 15) is 4.79 Å². The van der Waals surface area contributed by atoms with E-state index in [0.717, 1.165) is 30.8 Å². The molecule has 0 aromatic heterocycles. The average Bonchev–Trinajstić information content (AvgIpc) is 2.89. The van der Waals surface area contributed by atoms with Crippen molar-refractivity contribution in [3.63, 3.8) is 0 Å². The molecule has 0 saturated heterocycles. The van der Waals surface area contributed by atoms with Gasteiger partial charge in [0.15, 0.2) is 5.78 Å². The van der Waals surface area contributed by atoms with Crippen LogP contribution in [0.2, 0.25) is 5.02 Å². The summed E-state index contributed by atoms with van der Waals surface area (Å²) in [6.45, 7) is 4.04. The fourth-order valence-electron chi connectivity index (χ4n) is 2.82. The topological polar surface area (TPSA) is 20.3 Å². The Morgan fingerprint density at radius 1 is 1.25 bits per heavy atom. The summed E-state index contributed by atoms with van der Waals surface area (Å²) < 4.78 is 0. The Hall–Kier alpha value is -1.80. The molecule has 0 N–H and O–H groups in total. The van der Waals surface area contributed by atoms with Gasteiger partial charge in [0.05, 0.1) is 5.69 Å². The van der Waals surface area contributed by atoms with Crippen LogP contribution < -0.4 is 4.90 Å². The summed E-state index contributed by atoms with van der Waals surface area (Å²) in [7, 11) is 0. The minimum absolute atomic E-state index is 0.0460. The van der Waals surface area contributed by atoms with Crippen LogP contribution in [-0.4, -0.2) is 18.9 Å². The van der Waals surface area contributed by atoms with E-state index in [0.29, 0.717) is 10.6 Å². The van der Waals surface area contributed by atoms with Crippen molar-refractivity contribution >= 4 is 23.1 Å². The number of likely N-dealkylation sites (N-methyl/N-ethyl adjacent to an activating group) is 1. The normalized spacial score (nSPS) is 13.4. The van der Waals surface area contributed by atoms with Crippen molar-refractivity contribution in [2.45, 2.75) is 13.3 Å². The van der Waals surface area contributed by atoms with Crippen LogP contribution in [-0.2, 0) is 6.42 Å². The number of carbonyl (C=O) groups excluding carboxylic acids is 1. The van der Waals surface area contributed by atoms with Gasteiger partial charge >= 0.3 is 0 Å². The number of fused-ring (bicyclic) bond motifs is 1. The zero-order chi connectivity index (χ0) is 14.1. The number of anilines is 1. The number of benzene rings is 2. The molecule has 2 nitrogen and oxygen atoms in total. The summed E-state index contributed by atoms with van der Waals surface area (Å²) in [5.41, 5.74) is 3.79. The average molecular weight is 286 g/mol. The second kappa shape index (κ2) is 5.29. The Morgan fingerprint density at radius 2 is 2.05 bits per heavy atom. The zero-order valence-electron chi connectivity index (χ0n) is 11.4. The van der Waals surface area contributed by atoms with Crippen LogP contribution >= 0.6 is 11.6 Å². The predicted molar refractivity (Wildman–Crippen MR) is 82.9 cm³/mol. The lowest BCUT2D eigenvalue weighted by molar-refractivity contribution is 0.103. The zero-order valence-corrected chi connectivity index (χ0v) is 12.2. The van der Waals surface area contributed by atoms with Gasteiger partial charge in [0.25, 0.3) is 0 Å². The fourth-order valence-corrected chi connectivity index (χ4v) is 3.01. The first-order valence-corrected chi connectivity index (χ1v) is 7.25. The number of ketones is 1. The number of carbonyl (C=O) groups is 1. The molecule has 0 unspecified atom stereocenters. The molecule has 0 aliphatic carbocycles. The predicted octanol–water partition coefficient (Wildman–Crippen LogP) is 3.95. The van der Waals surface area contributed by atoms with Crippen LogP contribution in [0.15, 0.2) is 42.5 Å². The SMILES string of the molecule is CCN1CCc2cccc(C(=O)c3cccc(Cl)c3)c21. The Morgan fingerprint density at radius 3 is 2.80 bits per heavy atom. The quantitative estimate of drug-likeness (QED) is 0.796. The van der Waals surface area contributed by atoms with Gasteiger partial charge in [-0.15, -0.1) is 0 Å². The summed E-state index contributed by atoms with van der Waals surface area (Å²) in [5, 5.41) is 0.593. The van der Waals surface area contributed by atoms with Crippen molar-refractivity contribution in [3.05, 3.63) is 64.2 Å². The van der Waals surface area contributed by atoms with E-state index >= 15 is 0 Å². The van der Waals surface area contributed by atoms with Gasteiger partial charge < -0.3 is 4.90 Å². The van der Waals surface area contributed by atoms with E-state index in [1.165, 1.54) is 5.56 Å². The maximum atomic E-state index is 12.7. The number of hydrogen-bond donors (Lipinski definition) is 0. The lowest BCUT2D eigenvalue weighted by Crippen LogP contribution is -2.21. The van der Waals surface area contributed by atoms with Gasteiger partial charge in [0.1, 0.15) is 0 Å². The molecule has 102 valence electrons. The van der Waals surface area contributed by atoms with E-state index in [2.05, 4.69) is 17.9 Å². The first-order valence-electron chi connectivity index (χ1n) is 6.88. The van der Waals surface area contributed by atoms with Crippen LogP contribution in [0.4, 0.5) is 5.69 Å². The van der Waals surface area contributed by atoms with E-state index in [1.54, 1.807) is 12.1 Å². The van der Waals surface area contributed by atoms with Crippen LogP contribution in [0.5, 0.6) is 0 Å². The van der Waals surface area contributed by atoms with Gasteiger partial charge in [-0.25, -0.2) is 0 Å². The number of para-hydroxylation sites is 1. The second-order valence-corrected chi connectivity index (χ2v) is 5.42. The number of nitrogens with zero attached hydrogens (tertiary/aromatic N) is 1. The molecule has 2 aromatic rings. The molecule has 0 saturated carbocycles. The molecule has 20 heavy (non-hydrogen) atoms. The van der Waals surface area contributed by atoms with Crippen molar-refractivity contribution < 1.29 is 4.79 Å². The molecule has 0 bridgehead atoms. The fraction of sp³-hybridized carbons (Fsp3) is 0.235. The van der Waals surface area contributed by atoms with E-state index in [4.69, 9.17) is 11.6 Å². The molecule has 0 amide bonds. The summed E-state index contributed by atoms with van der Waals surface area (Å²) in [6.07, 6.45) is 1.01. The monoisotopic (exact) mass is 285 g/mol. The number of halogens is 1. The lowest BCUT2D eigenvalue weighted by Gasteiger charge is -2.19. The van der Waals surface area contributed by atoms with E-state index in [-0.39, 0.29) is 5.78 Å². The molecule has 0 spiro atoms. The summed E-state index contributed by atoms with van der Waals surface area (Å²) in [4.78, 5) is 15.0. The van der Waals surface area contributed by atoms with Crippen molar-refractivity contribution in [2.75, 3.05) is 18.0 Å². The maximum absolute atomic E-state index is 12.7. The highest BCUT2D eigenvalue weighted by Crippen LogP contribution is 2.33. The van der Waals surface area contributed by atoms with Crippen molar-refractivity contribution in [1.82, 2.24) is 0 Å². The summed E-state index contributed by atoms with van der Waals surface area (Å²) >= 11 is 5.99. The Bertz CT molecular complexity index is 666.